The fourth-order valence-corrected chi connectivity index (χ4v) is 3.46. The van der Waals surface area contributed by atoms with Crippen molar-refractivity contribution in [3.8, 4) is 5.75 Å². The Hall–Kier alpha value is -2.08. The summed E-state index contributed by atoms with van der Waals surface area (Å²) in [6, 6.07) is 7.99. The van der Waals surface area contributed by atoms with Gasteiger partial charge in [0.2, 0.25) is 11.8 Å². The molecule has 1 saturated heterocycles. The SMILES string of the molecule is COc1ccc([C@@H]2C[C@H]2C(=O)NCCN2CCN(C(C)=O)CC2)cc1. The second-order valence-electron chi connectivity index (χ2n) is 6.86. The first kappa shape index (κ1) is 17.7. The number of rotatable bonds is 6. The highest BCUT2D eigenvalue weighted by atomic mass is 16.5. The molecule has 1 aromatic carbocycles. The average Bonchev–Trinajstić information content (AvgIpc) is 3.43. The Morgan fingerprint density at radius 1 is 1.16 bits per heavy atom. The van der Waals surface area contributed by atoms with Gasteiger partial charge in [0.05, 0.1) is 7.11 Å². The molecule has 136 valence electrons. The van der Waals surface area contributed by atoms with Crippen LogP contribution < -0.4 is 10.1 Å². The van der Waals surface area contributed by atoms with Gasteiger partial charge in [0.15, 0.2) is 0 Å². The summed E-state index contributed by atoms with van der Waals surface area (Å²) in [5.74, 6) is 1.58. The van der Waals surface area contributed by atoms with Crippen molar-refractivity contribution < 1.29 is 14.3 Å². The van der Waals surface area contributed by atoms with Gasteiger partial charge >= 0.3 is 0 Å². The standard InChI is InChI=1S/C19H27N3O3/c1-14(23)22-11-9-21(10-12-22)8-7-20-19(24)18-13-17(18)15-3-5-16(25-2)6-4-15/h3-6,17-18H,7-13H2,1-2H3,(H,20,24)/t17-,18+/m0/s1. The van der Waals surface area contributed by atoms with Crippen LogP contribution in [0.25, 0.3) is 0 Å². The lowest BCUT2D eigenvalue weighted by molar-refractivity contribution is -0.130. The average molecular weight is 345 g/mol. The Morgan fingerprint density at radius 3 is 2.44 bits per heavy atom. The first-order chi connectivity index (χ1) is 12.1. The number of nitrogens with zero attached hydrogens (tertiary/aromatic N) is 2. The van der Waals surface area contributed by atoms with Crippen molar-refractivity contribution in [2.24, 2.45) is 5.92 Å². The van der Waals surface area contributed by atoms with Crippen LogP contribution in [0.5, 0.6) is 5.75 Å². The number of hydrogen-bond acceptors (Lipinski definition) is 4. The second kappa shape index (κ2) is 7.87. The van der Waals surface area contributed by atoms with E-state index in [0.29, 0.717) is 12.5 Å². The summed E-state index contributed by atoms with van der Waals surface area (Å²) in [7, 11) is 1.66. The maximum Gasteiger partial charge on any atom is 0.223 e. The van der Waals surface area contributed by atoms with E-state index in [0.717, 1.165) is 44.9 Å². The molecule has 2 aliphatic rings. The molecule has 2 fully saturated rings. The minimum Gasteiger partial charge on any atom is -0.497 e. The molecule has 6 heteroatoms. The molecular weight excluding hydrogens is 318 g/mol. The Bertz CT molecular complexity index is 609. The van der Waals surface area contributed by atoms with Crippen LogP contribution in [0.15, 0.2) is 24.3 Å². The van der Waals surface area contributed by atoms with Crippen molar-refractivity contribution in [1.29, 1.82) is 0 Å². The third-order valence-corrected chi connectivity index (χ3v) is 5.22. The predicted octanol–water partition coefficient (Wildman–Crippen LogP) is 1.08. The minimum absolute atomic E-state index is 0.1000. The van der Waals surface area contributed by atoms with Gasteiger partial charge in [0, 0.05) is 52.1 Å². The van der Waals surface area contributed by atoms with E-state index in [1.165, 1.54) is 5.56 Å². The molecule has 1 saturated carbocycles. The molecule has 2 amide bonds. The van der Waals surface area contributed by atoms with Crippen molar-refractivity contribution in [1.82, 2.24) is 15.1 Å². The van der Waals surface area contributed by atoms with Crippen molar-refractivity contribution in [3.63, 3.8) is 0 Å². The van der Waals surface area contributed by atoms with Gasteiger partial charge in [-0.1, -0.05) is 12.1 Å². The highest BCUT2D eigenvalue weighted by Crippen LogP contribution is 2.47. The van der Waals surface area contributed by atoms with Crippen molar-refractivity contribution >= 4 is 11.8 Å². The van der Waals surface area contributed by atoms with Gasteiger partial charge in [-0.15, -0.1) is 0 Å². The first-order valence-electron chi connectivity index (χ1n) is 8.98. The van der Waals surface area contributed by atoms with Crippen molar-refractivity contribution in [2.75, 3.05) is 46.4 Å². The molecule has 0 aromatic heterocycles. The van der Waals surface area contributed by atoms with E-state index in [9.17, 15) is 9.59 Å². The summed E-state index contributed by atoms with van der Waals surface area (Å²) >= 11 is 0. The van der Waals surface area contributed by atoms with Crippen molar-refractivity contribution in [2.45, 2.75) is 19.3 Å². The molecular formula is C19H27N3O3. The van der Waals surface area contributed by atoms with Crippen LogP contribution in [0, 0.1) is 5.92 Å². The van der Waals surface area contributed by atoms with E-state index in [1.807, 2.05) is 29.2 Å². The lowest BCUT2D eigenvalue weighted by Crippen LogP contribution is -2.49. The molecule has 6 nitrogen and oxygen atoms in total. The molecule has 2 atom stereocenters. The fraction of sp³-hybridized carbons (Fsp3) is 0.579. The summed E-state index contributed by atoms with van der Waals surface area (Å²) in [6.07, 6.45) is 0.926. The number of methoxy groups -OCH3 is 1. The van der Waals surface area contributed by atoms with Crippen LogP contribution in [-0.2, 0) is 9.59 Å². The number of carbonyl (C=O) groups excluding carboxylic acids is 2. The smallest absolute Gasteiger partial charge is 0.223 e. The normalized spacial score (nSPS) is 23.2. The van der Waals surface area contributed by atoms with Gasteiger partial charge in [-0.25, -0.2) is 0 Å². The molecule has 1 aliphatic heterocycles. The molecule has 1 N–H and O–H groups in total. The maximum absolute atomic E-state index is 12.3. The number of carbonyl (C=O) groups is 2. The largest absolute Gasteiger partial charge is 0.497 e. The number of hydrogen-bond donors (Lipinski definition) is 1. The quantitative estimate of drug-likeness (QED) is 0.838. The molecule has 0 bridgehead atoms. The Morgan fingerprint density at radius 2 is 1.84 bits per heavy atom. The molecule has 0 unspecified atom stereocenters. The Labute approximate surface area is 149 Å². The zero-order valence-corrected chi connectivity index (χ0v) is 15.0. The van der Waals surface area contributed by atoms with Crippen LogP contribution in [-0.4, -0.2) is 68.0 Å². The van der Waals surface area contributed by atoms with Crippen LogP contribution >= 0.6 is 0 Å². The lowest BCUT2D eigenvalue weighted by atomic mass is 10.1. The number of piperazine rings is 1. The fourth-order valence-electron chi connectivity index (χ4n) is 3.46. The van der Waals surface area contributed by atoms with E-state index in [4.69, 9.17) is 4.74 Å². The number of nitrogens with one attached hydrogen (secondary N) is 1. The van der Waals surface area contributed by atoms with Crippen molar-refractivity contribution in [3.05, 3.63) is 29.8 Å². The third-order valence-electron chi connectivity index (χ3n) is 5.22. The molecule has 0 radical (unpaired) electrons. The Kier molecular flexibility index (Phi) is 5.58. The zero-order chi connectivity index (χ0) is 17.8. The monoisotopic (exact) mass is 345 g/mol. The van der Waals surface area contributed by atoms with E-state index in [-0.39, 0.29) is 17.7 Å². The van der Waals surface area contributed by atoms with E-state index in [1.54, 1.807) is 14.0 Å². The van der Waals surface area contributed by atoms with Gasteiger partial charge in [-0.05, 0) is 30.0 Å². The lowest BCUT2D eigenvalue weighted by Gasteiger charge is -2.34. The van der Waals surface area contributed by atoms with Crippen LogP contribution in [0.2, 0.25) is 0 Å². The second-order valence-corrected chi connectivity index (χ2v) is 6.86. The van der Waals surface area contributed by atoms with E-state index < -0.39 is 0 Å². The van der Waals surface area contributed by atoms with Crippen LogP contribution in [0.3, 0.4) is 0 Å². The van der Waals surface area contributed by atoms with Gasteiger partial charge in [-0.2, -0.15) is 0 Å². The minimum atomic E-state index is 0.1000. The van der Waals surface area contributed by atoms with E-state index in [2.05, 4.69) is 10.2 Å². The number of ether oxygens (including phenoxy) is 1. The van der Waals surface area contributed by atoms with Gasteiger partial charge in [0.25, 0.3) is 0 Å². The maximum atomic E-state index is 12.3. The number of amides is 2. The van der Waals surface area contributed by atoms with Gasteiger partial charge in [-0.3, -0.25) is 14.5 Å². The van der Waals surface area contributed by atoms with Crippen LogP contribution in [0.1, 0.15) is 24.8 Å². The molecule has 0 spiro atoms. The van der Waals surface area contributed by atoms with E-state index >= 15 is 0 Å². The molecule has 3 rings (SSSR count). The summed E-state index contributed by atoms with van der Waals surface area (Å²) in [5.41, 5.74) is 1.21. The molecule has 25 heavy (non-hydrogen) atoms. The summed E-state index contributed by atoms with van der Waals surface area (Å²) in [5, 5.41) is 3.06. The first-order valence-corrected chi connectivity index (χ1v) is 8.98. The Balaban J connectivity index is 1.36. The molecule has 1 aromatic rings. The van der Waals surface area contributed by atoms with Crippen LogP contribution in [0.4, 0.5) is 0 Å². The molecule has 1 aliphatic carbocycles. The highest BCUT2D eigenvalue weighted by Gasteiger charge is 2.43. The summed E-state index contributed by atoms with van der Waals surface area (Å²) in [6.45, 7) is 6.46. The summed E-state index contributed by atoms with van der Waals surface area (Å²) < 4.78 is 5.17. The summed E-state index contributed by atoms with van der Waals surface area (Å²) in [4.78, 5) is 27.8. The molecule has 1 heterocycles. The topological polar surface area (TPSA) is 61.9 Å². The third kappa shape index (κ3) is 4.51. The van der Waals surface area contributed by atoms with Gasteiger partial charge < -0.3 is 15.0 Å². The van der Waals surface area contributed by atoms with Gasteiger partial charge in [0.1, 0.15) is 5.75 Å². The zero-order valence-electron chi connectivity index (χ0n) is 15.0. The predicted molar refractivity (Wildman–Crippen MR) is 95.5 cm³/mol. The highest BCUT2D eigenvalue weighted by molar-refractivity contribution is 5.82. The number of benzene rings is 1.